The summed E-state index contributed by atoms with van der Waals surface area (Å²) in [6.45, 7) is 7.62. The second-order valence-corrected chi connectivity index (χ2v) is 10.5. The average Bonchev–Trinajstić information content (AvgIpc) is 2.63. The van der Waals surface area contributed by atoms with Crippen molar-refractivity contribution in [1.82, 2.24) is 4.31 Å². The van der Waals surface area contributed by atoms with Gasteiger partial charge in [0.1, 0.15) is 0 Å². The van der Waals surface area contributed by atoms with E-state index < -0.39 is 15.3 Å². The van der Waals surface area contributed by atoms with Crippen molar-refractivity contribution in [2.75, 3.05) is 0 Å². The van der Waals surface area contributed by atoms with Crippen LogP contribution in [-0.2, 0) is 10.0 Å². The van der Waals surface area contributed by atoms with Crippen LogP contribution in [0.2, 0.25) is 10.0 Å². The SMILES string of the molecule is C=CC[C@@H]1C[C@H](c2cccc(Cl)c2)[C@@H](c2ccc(Cl)cc2)N(C(C)C)S1(=O)=O. The van der Waals surface area contributed by atoms with Gasteiger partial charge in [0, 0.05) is 22.0 Å². The van der Waals surface area contributed by atoms with Crippen molar-refractivity contribution in [1.29, 1.82) is 0 Å². The van der Waals surface area contributed by atoms with E-state index in [4.69, 9.17) is 23.2 Å². The van der Waals surface area contributed by atoms with Gasteiger partial charge < -0.3 is 0 Å². The van der Waals surface area contributed by atoms with E-state index in [1.165, 1.54) is 0 Å². The van der Waals surface area contributed by atoms with Crippen molar-refractivity contribution in [2.24, 2.45) is 0 Å². The number of sulfonamides is 1. The monoisotopic (exact) mass is 437 g/mol. The molecule has 3 atom stereocenters. The van der Waals surface area contributed by atoms with E-state index in [1.54, 1.807) is 10.4 Å². The first-order chi connectivity index (χ1) is 13.3. The highest BCUT2D eigenvalue weighted by Gasteiger charge is 2.48. The first kappa shape index (κ1) is 21.4. The molecule has 0 aliphatic carbocycles. The minimum Gasteiger partial charge on any atom is -0.212 e. The number of benzene rings is 2. The lowest BCUT2D eigenvalue weighted by Gasteiger charge is -2.46. The van der Waals surface area contributed by atoms with Crippen molar-refractivity contribution < 1.29 is 8.42 Å². The molecule has 2 aromatic carbocycles. The van der Waals surface area contributed by atoms with Crippen molar-refractivity contribution in [3.05, 3.63) is 82.4 Å². The molecule has 28 heavy (non-hydrogen) atoms. The Bertz CT molecular complexity index is 941. The van der Waals surface area contributed by atoms with Gasteiger partial charge in [0.25, 0.3) is 0 Å². The topological polar surface area (TPSA) is 37.4 Å². The van der Waals surface area contributed by atoms with E-state index in [0.29, 0.717) is 22.9 Å². The van der Waals surface area contributed by atoms with Crippen LogP contribution in [0.3, 0.4) is 0 Å². The molecule has 0 unspecified atom stereocenters. The van der Waals surface area contributed by atoms with Gasteiger partial charge in [-0.2, -0.15) is 4.31 Å². The molecule has 2 aromatic rings. The molecule has 0 spiro atoms. The van der Waals surface area contributed by atoms with Crippen LogP contribution in [0.1, 0.15) is 49.8 Å². The van der Waals surface area contributed by atoms with Gasteiger partial charge in [-0.25, -0.2) is 8.42 Å². The lowest BCUT2D eigenvalue weighted by atomic mass is 9.82. The van der Waals surface area contributed by atoms with Gasteiger partial charge in [0.05, 0.1) is 11.3 Å². The summed E-state index contributed by atoms with van der Waals surface area (Å²) in [6.07, 6.45) is 2.64. The van der Waals surface area contributed by atoms with E-state index in [1.807, 2.05) is 62.4 Å². The first-order valence-electron chi connectivity index (χ1n) is 9.40. The largest absolute Gasteiger partial charge is 0.218 e. The number of rotatable bonds is 5. The van der Waals surface area contributed by atoms with Crippen LogP contribution >= 0.6 is 23.2 Å². The van der Waals surface area contributed by atoms with Crippen LogP contribution in [0.25, 0.3) is 0 Å². The number of hydrogen-bond acceptors (Lipinski definition) is 2. The number of halogens is 2. The molecule has 0 aromatic heterocycles. The molecule has 0 amide bonds. The molecule has 3 rings (SSSR count). The van der Waals surface area contributed by atoms with Gasteiger partial charge in [-0.1, -0.05) is 53.5 Å². The summed E-state index contributed by atoms with van der Waals surface area (Å²) in [5.41, 5.74) is 1.98. The zero-order valence-electron chi connectivity index (χ0n) is 16.1. The highest BCUT2D eigenvalue weighted by atomic mass is 35.5. The Hall–Kier alpha value is -1.33. The summed E-state index contributed by atoms with van der Waals surface area (Å²) >= 11 is 12.3. The van der Waals surface area contributed by atoms with Gasteiger partial charge in [-0.3, -0.25) is 0 Å². The van der Waals surface area contributed by atoms with Crippen molar-refractivity contribution in [3.8, 4) is 0 Å². The van der Waals surface area contributed by atoms with Crippen LogP contribution in [0.4, 0.5) is 0 Å². The molecule has 0 N–H and O–H groups in total. The van der Waals surface area contributed by atoms with E-state index in [-0.39, 0.29) is 18.0 Å². The predicted octanol–water partition coefficient (Wildman–Crippen LogP) is 6.21. The molecular weight excluding hydrogens is 413 g/mol. The Morgan fingerprint density at radius 1 is 1.11 bits per heavy atom. The predicted molar refractivity (Wildman–Crippen MR) is 117 cm³/mol. The third-order valence-corrected chi connectivity index (χ3v) is 8.26. The van der Waals surface area contributed by atoms with Crippen LogP contribution < -0.4 is 0 Å². The van der Waals surface area contributed by atoms with E-state index in [0.717, 1.165) is 11.1 Å². The molecule has 0 radical (unpaired) electrons. The fourth-order valence-electron chi connectivity index (χ4n) is 4.16. The Labute approximate surface area is 178 Å². The molecule has 1 aliphatic rings. The lowest BCUT2D eigenvalue weighted by Crippen LogP contribution is -2.51. The summed E-state index contributed by atoms with van der Waals surface area (Å²) in [7, 11) is -3.49. The molecule has 3 nitrogen and oxygen atoms in total. The highest BCUT2D eigenvalue weighted by molar-refractivity contribution is 7.89. The maximum Gasteiger partial charge on any atom is 0.218 e. The van der Waals surface area contributed by atoms with E-state index in [9.17, 15) is 8.42 Å². The summed E-state index contributed by atoms with van der Waals surface area (Å²) in [5, 5.41) is 0.777. The minimum atomic E-state index is -3.49. The Morgan fingerprint density at radius 2 is 1.79 bits per heavy atom. The molecule has 0 bridgehead atoms. The third kappa shape index (κ3) is 4.16. The second-order valence-electron chi connectivity index (χ2n) is 7.51. The fraction of sp³-hybridized carbons (Fsp3) is 0.364. The van der Waals surface area contributed by atoms with Gasteiger partial charge >= 0.3 is 0 Å². The number of allylic oxidation sites excluding steroid dienone is 1. The van der Waals surface area contributed by atoms with Crippen LogP contribution in [0.5, 0.6) is 0 Å². The van der Waals surface area contributed by atoms with Crippen LogP contribution in [0.15, 0.2) is 61.2 Å². The van der Waals surface area contributed by atoms with Gasteiger partial charge in [-0.05, 0) is 62.1 Å². The lowest BCUT2D eigenvalue weighted by molar-refractivity contribution is 0.210. The molecular formula is C22H25Cl2NO2S. The summed E-state index contributed by atoms with van der Waals surface area (Å²) in [6, 6.07) is 14.7. The van der Waals surface area contributed by atoms with Crippen molar-refractivity contribution >= 4 is 33.2 Å². The number of nitrogens with zero attached hydrogens (tertiary/aromatic N) is 1. The molecule has 0 saturated carbocycles. The minimum absolute atomic E-state index is 0.0178. The molecule has 1 saturated heterocycles. The Kier molecular flexibility index (Phi) is 6.55. The summed E-state index contributed by atoms with van der Waals surface area (Å²) in [5.74, 6) is -0.0178. The van der Waals surface area contributed by atoms with E-state index in [2.05, 4.69) is 6.58 Å². The normalized spacial score (nSPS) is 25.0. The Morgan fingerprint density at radius 3 is 2.36 bits per heavy atom. The van der Waals surface area contributed by atoms with Crippen molar-refractivity contribution in [2.45, 2.75) is 49.9 Å². The zero-order valence-corrected chi connectivity index (χ0v) is 18.4. The molecule has 1 aliphatic heterocycles. The van der Waals surface area contributed by atoms with Gasteiger partial charge in [-0.15, -0.1) is 6.58 Å². The molecule has 150 valence electrons. The van der Waals surface area contributed by atoms with Crippen molar-refractivity contribution in [3.63, 3.8) is 0 Å². The van der Waals surface area contributed by atoms with Crippen LogP contribution in [0, 0.1) is 0 Å². The first-order valence-corrected chi connectivity index (χ1v) is 11.7. The summed E-state index contributed by atoms with van der Waals surface area (Å²) < 4.78 is 28.6. The average molecular weight is 438 g/mol. The maximum absolute atomic E-state index is 13.5. The standard InChI is InChI=1S/C22H25Cl2NO2S/c1-4-6-20-14-21(17-7-5-8-19(24)13-17)22(16-9-11-18(23)12-10-16)25(15(2)3)28(20,26)27/h4-5,7-13,15,20-22H,1,6,14H2,2-3H3/t20-,21-,22-/m1/s1. The molecule has 1 fully saturated rings. The highest BCUT2D eigenvalue weighted by Crippen LogP contribution is 2.48. The second kappa shape index (κ2) is 8.58. The quantitative estimate of drug-likeness (QED) is 0.521. The Balaban J connectivity index is 2.20. The smallest absolute Gasteiger partial charge is 0.212 e. The molecule has 1 heterocycles. The van der Waals surface area contributed by atoms with Gasteiger partial charge in [0.15, 0.2) is 0 Å². The van der Waals surface area contributed by atoms with Crippen LogP contribution in [-0.4, -0.2) is 24.0 Å². The maximum atomic E-state index is 13.5. The van der Waals surface area contributed by atoms with E-state index >= 15 is 0 Å². The zero-order chi connectivity index (χ0) is 20.5. The number of hydrogen-bond donors (Lipinski definition) is 0. The van der Waals surface area contributed by atoms with Gasteiger partial charge in [0.2, 0.25) is 10.0 Å². The molecule has 6 heteroatoms. The fourth-order valence-corrected chi connectivity index (χ4v) is 6.83. The summed E-state index contributed by atoms with van der Waals surface area (Å²) in [4.78, 5) is 0. The third-order valence-electron chi connectivity index (χ3n) is 5.31.